The Morgan fingerprint density at radius 3 is 2.31 bits per heavy atom. The van der Waals surface area contributed by atoms with Crippen LogP contribution in [0.4, 0.5) is 0 Å². The molecule has 0 rings (SSSR count). The lowest BCUT2D eigenvalue weighted by Crippen LogP contribution is -2.34. The average molecular weight is 225 g/mol. The molecule has 0 heterocycles. The minimum atomic E-state index is -1.06. The number of rotatable bonds is 5. The molecule has 0 saturated heterocycles. The Bertz CT molecular complexity index is 342. The van der Waals surface area contributed by atoms with Gasteiger partial charge < -0.3 is 15.7 Å². The van der Waals surface area contributed by atoms with Gasteiger partial charge in [-0.25, -0.2) is 0 Å². The molecule has 1 unspecified atom stereocenters. The summed E-state index contributed by atoms with van der Waals surface area (Å²) in [6.07, 6.45) is 1.11. The monoisotopic (exact) mass is 225 g/mol. The van der Waals surface area contributed by atoms with E-state index in [-0.39, 0.29) is 11.6 Å². The second kappa shape index (κ2) is 6.45. The van der Waals surface area contributed by atoms with Crippen molar-refractivity contribution in [3.63, 3.8) is 0 Å². The van der Waals surface area contributed by atoms with Crippen molar-refractivity contribution in [2.24, 2.45) is 0 Å². The van der Waals surface area contributed by atoms with E-state index in [2.05, 4.69) is 10.6 Å². The van der Waals surface area contributed by atoms with Crippen LogP contribution in [-0.2, 0) is 9.59 Å². The SMILES string of the molecule is CC(C)NC(=O)/C(C#N)=C\NC(C)C(=O)O. The minimum Gasteiger partial charge on any atom is -0.480 e. The number of hydrogen-bond acceptors (Lipinski definition) is 4. The molecule has 0 radical (unpaired) electrons. The van der Waals surface area contributed by atoms with Crippen molar-refractivity contribution in [2.45, 2.75) is 32.9 Å². The lowest BCUT2D eigenvalue weighted by atomic mass is 10.2. The fourth-order valence-corrected chi connectivity index (χ4v) is 0.768. The summed E-state index contributed by atoms with van der Waals surface area (Å²) >= 11 is 0. The number of nitrogens with zero attached hydrogens (tertiary/aromatic N) is 1. The van der Waals surface area contributed by atoms with Gasteiger partial charge >= 0.3 is 5.97 Å². The smallest absolute Gasteiger partial charge is 0.325 e. The molecule has 16 heavy (non-hydrogen) atoms. The lowest BCUT2D eigenvalue weighted by Gasteiger charge is -2.09. The third-order valence-electron chi connectivity index (χ3n) is 1.63. The van der Waals surface area contributed by atoms with E-state index in [0.717, 1.165) is 6.20 Å². The summed E-state index contributed by atoms with van der Waals surface area (Å²) in [5.74, 6) is -1.58. The Balaban J connectivity index is 4.50. The summed E-state index contributed by atoms with van der Waals surface area (Å²) < 4.78 is 0. The van der Waals surface area contributed by atoms with Crippen LogP contribution in [0.3, 0.4) is 0 Å². The molecule has 0 spiro atoms. The number of nitrogens with one attached hydrogen (secondary N) is 2. The van der Waals surface area contributed by atoms with Crippen LogP contribution in [0.5, 0.6) is 0 Å². The van der Waals surface area contributed by atoms with Gasteiger partial charge in [0.25, 0.3) is 5.91 Å². The first-order chi connectivity index (χ1) is 7.38. The fourth-order valence-electron chi connectivity index (χ4n) is 0.768. The molecule has 88 valence electrons. The summed E-state index contributed by atoms with van der Waals surface area (Å²) in [4.78, 5) is 21.9. The first-order valence-corrected chi connectivity index (χ1v) is 4.78. The molecule has 0 aromatic heterocycles. The Hall–Kier alpha value is -2.03. The number of carbonyl (C=O) groups excluding carboxylic acids is 1. The zero-order valence-corrected chi connectivity index (χ0v) is 9.44. The third kappa shape index (κ3) is 5.00. The zero-order valence-electron chi connectivity index (χ0n) is 9.44. The lowest BCUT2D eigenvalue weighted by molar-refractivity contribution is -0.138. The van der Waals surface area contributed by atoms with E-state index in [4.69, 9.17) is 10.4 Å². The molecular formula is C10H15N3O3. The number of aliphatic carboxylic acids is 1. The van der Waals surface area contributed by atoms with Gasteiger partial charge in [-0.1, -0.05) is 0 Å². The Morgan fingerprint density at radius 2 is 1.94 bits per heavy atom. The van der Waals surface area contributed by atoms with E-state index in [9.17, 15) is 9.59 Å². The maximum absolute atomic E-state index is 11.4. The summed E-state index contributed by atoms with van der Waals surface area (Å²) in [7, 11) is 0. The second-order valence-electron chi connectivity index (χ2n) is 3.52. The predicted octanol–water partition coefficient (Wildman–Crippen LogP) is -0.0188. The van der Waals surface area contributed by atoms with Crippen LogP contribution in [0.1, 0.15) is 20.8 Å². The highest BCUT2D eigenvalue weighted by Gasteiger charge is 2.12. The fraction of sp³-hybridized carbons (Fsp3) is 0.500. The molecule has 0 aliphatic rings. The van der Waals surface area contributed by atoms with Gasteiger partial charge in [-0.15, -0.1) is 0 Å². The van der Waals surface area contributed by atoms with Gasteiger partial charge in [0.05, 0.1) is 0 Å². The minimum absolute atomic E-state index is 0.0823. The number of carboxylic acid groups (broad SMARTS) is 1. The van der Waals surface area contributed by atoms with Crippen molar-refractivity contribution in [3.8, 4) is 6.07 Å². The molecule has 3 N–H and O–H groups in total. The van der Waals surface area contributed by atoms with Crippen molar-refractivity contribution in [1.29, 1.82) is 5.26 Å². The van der Waals surface area contributed by atoms with E-state index in [1.807, 2.05) is 0 Å². The van der Waals surface area contributed by atoms with Crippen molar-refractivity contribution in [3.05, 3.63) is 11.8 Å². The number of carbonyl (C=O) groups is 2. The number of carboxylic acids is 1. The Morgan fingerprint density at radius 1 is 1.38 bits per heavy atom. The van der Waals surface area contributed by atoms with Crippen LogP contribution < -0.4 is 10.6 Å². The van der Waals surface area contributed by atoms with E-state index in [1.54, 1.807) is 19.9 Å². The maximum atomic E-state index is 11.4. The van der Waals surface area contributed by atoms with Gasteiger partial charge in [0, 0.05) is 12.2 Å². The largest absolute Gasteiger partial charge is 0.480 e. The highest BCUT2D eigenvalue weighted by Crippen LogP contribution is 1.93. The summed E-state index contributed by atoms with van der Waals surface area (Å²) in [5.41, 5.74) is -0.151. The van der Waals surface area contributed by atoms with Gasteiger partial charge in [-0.3, -0.25) is 9.59 Å². The molecule has 0 fully saturated rings. The quantitative estimate of drug-likeness (QED) is 0.451. The molecular weight excluding hydrogens is 210 g/mol. The number of amides is 1. The zero-order chi connectivity index (χ0) is 12.7. The van der Waals surface area contributed by atoms with Crippen molar-refractivity contribution in [1.82, 2.24) is 10.6 Å². The molecule has 0 aliphatic heterocycles. The van der Waals surface area contributed by atoms with Gasteiger partial charge in [-0.05, 0) is 20.8 Å². The van der Waals surface area contributed by atoms with Gasteiger partial charge in [-0.2, -0.15) is 5.26 Å². The van der Waals surface area contributed by atoms with E-state index < -0.39 is 17.9 Å². The predicted molar refractivity (Wildman–Crippen MR) is 57.2 cm³/mol. The van der Waals surface area contributed by atoms with E-state index in [0.29, 0.717) is 0 Å². The maximum Gasteiger partial charge on any atom is 0.325 e. The number of hydrogen-bond donors (Lipinski definition) is 3. The molecule has 0 aliphatic carbocycles. The van der Waals surface area contributed by atoms with Crippen LogP contribution in [0.2, 0.25) is 0 Å². The molecule has 1 atom stereocenters. The van der Waals surface area contributed by atoms with E-state index in [1.165, 1.54) is 6.92 Å². The van der Waals surface area contributed by atoms with Crippen LogP contribution >= 0.6 is 0 Å². The van der Waals surface area contributed by atoms with Crippen LogP contribution in [0, 0.1) is 11.3 Å². The second-order valence-corrected chi connectivity index (χ2v) is 3.52. The standard InChI is InChI=1S/C10H15N3O3/c1-6(2)13-9(14)8(4-11)5-12-7(3)10(15)16/h5-7,12H,1-3H3,(H,13,14)(H,15,16)/b8-5-. The first-order valence-electron chi connectivity index (χ1n) is 4.78. The van der Waals surface area contributed by atoms with Gasteiger partial charge in [0.15, 0.2) is 0 Å². The van der Waals surface area contributed by atoms with Crippen molar-refractivity contribution in [2.75, 3.05) is 0 Å². The van der Waals surface area contributed by atoms with Crippen LogP contribution in [0.25, 0.3) is 0 Å². The third-order valence-corrected chi connectivity index (χ3v) is 1.63. The normalized spacial score (nSPS) is 12.8. The summed E-state index contributed by atoms with van der Waals surface area (Å²) in [6.45, 7) is 4.94. The first kappa shape index (κ1) is 14.0. The topological polar surface area (TPSA) is 102 Å². The Labute approximate surface area is 93.9 Å². The van der Waals surface area contributed by atoms with Crippen LogP contribution in [-0.4, -0.2) is 29.1 Å². The number of nitriles is 1. The molecule has 6 nitrogen and oxygen atoms in total. The van der Waals surface area contributed by atoms with Crippen molar-refractivity contribution >= 4 is 11.9 Å². The van der Waals surface area contributed by atoms with Gasteiger partial charge in [0.1, 0.15) is 17.7 Å². The van der Waals surface area contributed by atoms with Gasteiger partial charge in [0.2, 0.25) is 0 Å². The highest BCUT2D eigenvalue weighted by molar-refractivity contribution is 5.97. The average Bonchev–Trinajstić information content (AvgIpc) is 2.16. The molecule has 0 saturated carbocycles. The molecule has 6 heteroatoms. The summed E-state index contributed by atoms with van der Waals surface area (Å²) in [6, 6.07) is 0.761. The Kier molecular flexibility index (Phi) is 5.63. The molecule has 1 amide bonds. The molecule has 0 aromatic rings. The highest BCUT2D eigenvalue weighted by atomic mass is 16.4. The summed E-state index contributed by atoms with van der Waals surface area (Å²) in [5, 5.41) is 22.2. The van der Waals surface area contributed by atoms with Crippen LogP contribution in [0.15, 0.2) is 11.8 Å². The molecule has 0 aromatic carbocycles. The van der Waals surface area contributed by atoms with E-state index >= 15 is 0 Å². The molecule has 0 bridgehead atoms. The van der Waals surface area contributed by atoms with Crippen molar-refractivity contribution < 1.29 is 14.7 Å².